The van der Waals surface area contributed by atoms with Gasteiger partial charge in [-0.15, -0.1) is 11.3 Å². The lowest BCUT2D eigenvalue weighted by Crippen LogP contribution is -2.15. The zero-order chi connectivity index (χ0) is 21.0. The third kappa shape index (κ3) is 4.03. The first-order valence-corrected chi connectivity index (χ1v) is 8.89. The van der Waals surface area contributed by atoms with Crippen molar-refractivity contribution in [3.05, 3.63) is 33.5 Å². The van der Waals surface area contributed by atoms with Crippen LogP contribution in [0.5, 0.6) is 0 Å². The van der Waals surface area contributed by atoms with Crippen molar-refractivity contribution in [1.29, 1.82) is 0 Å². The minimum atomic E-state index is -0.715. The molecule has 0 aliphatic heterocycles. The van der Waals surface area contributed by atoms with E-state index < -0.39 is 23.8 Å². The van der Waals surface area contributed by atoms with Gasteiger partial charge in [0.1, 0.15) is 15.6 Å². The van der Waals surface area contributed by atoms with Crippen LogP contribution in [0.15, 0.2) is 6.07 Å². The SMILES string of the molecule is CCOC(=O)c1cc(C(=O)Nc2sc(C(=O)OC)c(C)c2C(=O)OC)nn1C. The standard InChI is InChI=1S/C17H19N3O7S/c1-6-27-15(22)10-7-9(19-20(10)3)13(21)18-14-11(16(23)25-4)8(2)12(28-14)17(24)26-5/h7H,6H2,1-5H3,(H,18,21). The molecule has 0 unspecified atom stereocenters. The number of esters is 3. The van der Waals surface area contributed by atoms with Crippen molar-refractivity contribution >= 4 is 40.2 Å². The van der Waals surface area contributed by atoms with Gasteiger partial charge in [0, 0.05) is 13.1 Å². The summed E-state index contributed by atoms with van der Waals surface area (Å²) in [5.41, 5.74) is 0.403. The smallest absolute Gasteiger partial charge is 0.356 e. The van der Waals surface area contributed by atoms with Gasteiger partial charge in [0.2, 0.25) is 0 Å². The number of nitrogens with one attached hydrogen (secondary N) is 1. The number of aromatic nitrogens is 2. The van der Waals surface area contributed by atoms with Crippen LogP contribution in [0.1, 0.15) is 53.5 Å². The van der Waals surface area contributed by atoms with Crippen LogP contribution in [0.3, 0.4) is 0 Å². The second-order valence-corrected chi connectivity index (χ2v) is 6.48. The lowest BCUT2D eigenvalue weighted by atomic mass is 10.1. The van der Waals surface area contributed by atoms with E-state index in [4.69, 9.17) is 14.2 Å². The van der Waals surface area contributed by atoms with Crippen LogP contribution < -0.4 is 5.32 Å². The van der Waals surface area contributed by atoms with Crippen molar-refractivity contribution in [3.63, 3.8) is 0 Å². The molecule has 0 spiro atoms. The molecule has 2 aromatic heterocycles. The van der Waals surface area contributed by atoms with Crippen molar-refractivity contribution in [2.24, 2.45) is 7.05 Å². The molecule has 0 saturated carbocycles. The fourth-order valence-electron chi connectivity index (χ4n) is 2.38. The molecular formula is C17H19N3O7S. The second-order valence-electron chi connectivity index (χ2n) is 5.46. The Morgan fingerprint density at radius 2 is 1.79 bits per heavy atom. The highest BCUT2D eigenvalue weighted by atomic mass is 32.1. The van der Waals surface area contributed by atoms with Crippen LogP contribution in [0.2, 0.25) is 0 Å². The third-order valence-electron chi connectivity index (χ3n) is 3.73. The largest absolute Gasteiger partial charge is 0.465 e. The van der Waals surface area contributed by atoms with Gasteiger partial charge in [-0.1, -0.05) is 0 Å². The number of carbonyl (C=O) groups excluding carboxylic acids is 4. The Labute approximate surface area is 164 Å². The first-order valence-electron chi connectivity index (χ1n) is 8.07. The molecule has 11 heteroatoms. The predicted molar refractivity (Wildman–Crippen MR) is 98.9 cm³/mol. The minimum Gasteiger partial charge on any atom is -0.465 e. The third-order valence-corrected chi connectivity index (χ3v) is 4.92. The molecule has 28 heavy (non-hydrogen) atoms. The second kappa shape index (κ2) is 8.65. The molecule has 2 rings (SSSR count). The molecule has 2 aromatic rings. The summed E-state index contributed by atoms with van der Waals surface area (Å²) in [6.45, 7) is 3.39. The van der Waals surface area contributed by atoms with E-state index in [-0.39, 0.29) is 33.4 Å². The zero-order valence-corrected chi connectivity index (χ0v) is 16.8. The first-order chi connectivity index (χ1) is 13.2. The molecule has 10 nitrogen and oxygen atoms in total. The summed E-state index contributed by atoms with van der Waals surface area (Å²) in [6, 6.07) is 1.27. The van der Waals surface area contributed by atoms with Crippen molar-refractivity contribution < 1.29 is 33.4 Å². The van der Waals surface area contributed by atoms with E-state index in [9.17, 15) is 19.2 Å². The molecule has 1 amide bonds. The van der Waals surface area contributed by atoms with Gasteiger partial charge in [-0.25, -0.2) is 14.4 Å². The Hall–Kier alpha value is -3.21. The lowest BCUT2D eigenvalue weighted by Gasteiger charge is -2.04. The van der Waals surface area contributed by atoms with Gasteiger partial charge in [0.25, 0.3) is 5.91 Å². The number of rotatable bonds is 6. The first kappa shape index (κ1) is 21.1. The number of hydrogen-bond donors (Lipinski definition) is 1. The predicted octanol–water partition coefficient (Wildman–Crippen LogP) is 1.79. The molecular weight excluding hydrogens is 390 g/mol. The van der Waals surface area contributed by atoms with Crippen molar-refractivity contribution in [2.75, 3.05) is 26.1 Å². The Bertz CT molecular complexity index is 945. The maximum atomic E-state index is 12.6. The van der Waals surface area contributed by atoms with Crippen molar-refractivity contribution in [1.82, 2.24) is 9.78 Å². The van der Waals surface area contributed by atoms with E-state index in [1.54, 1.807) is 13.8 Å². The molecule has 0 aliphatic carbocycles. The fourth-order valence-corrected chi connectivity index (χ4v) is 3.49. The summed E-state index contributed by atoms with van der Waals surface area (Å²) in [4.78, 5) is 48.6. The van der Waals surface area contributed by atoms with Crippen LogP contribution in [0.4, 0.5) is 5.00 Å². The number of hydrogen-bond acceptors (Lipinski definition) is 9. The minimum absolute atomic E-state index is 0.0443. The number of aryl methyl sites for hydroxylation is 1. The number of carbonyl (C=O) groups is 4. The Morgan fingerprint density at radius 3 is 2.36 bits per heavy atom. The molecule has 150 valence electrons. The molecule has 0 aliphatic rings. The van der Waals surface area contributed by atoms with E-state index in [1.165, 1.54) is 32.0 Å². The van der Waals surface area contributed by atoms with Crippen LogP contribution in [-0.2, 0) is 21.3 Å². The summed E-state index contributed by atoms with van der Waals surface area (Å²) >= 11 is 0.877. The summed E-state index contributed by atoms with van der Waals surface area (Å²) in [5.74, 6) is -2.65. The van der Waals surface area contributed by atoms with Gasteiger partial charge in [0.05, 0.1) is 26.4 Å². The highest BCUT2D eigenvalue weighted by molar-refractivity contribution is 7.18. The molecule has 0 saturated heterocycles. The van der Waals surface area contributed by atoms with Gasteiger partial charge >= 0.3 is 17.9 Å². The van der Waals surface area contributed by atoms with Crippen molar-refractivity contribution in [2.45, 2.75) is 13.8 Å². The summed E-state index contributed by atoms with van der Waals surface area (Å²) in [6.07, 6.45) is 0. The van der Waals surface area contributed by atoms with Crippen LogP contribution >= 0.6 is 11.3 Å². The quantitative estimate of drug-likeness (QED) is 0.565. The fraction of sp³-hybridized carbons (Fsp3) is 0.353. The maximum Gasteiger partial charge on any atom is 0.356 e. The summed E-state index contributed by atoms with van der Waals surface area (Å²) in [5, 5.41) is 6.63. The van der Waals surface area contributed by atoms with E-state index >= 15 is 0 Å². The Morgan fingerprint density at radius 1 is 1.14 bits per heavy atom. The van der Waals surface area contributed by atoms with Crippen LogP contribution in [-0.4, -0.2) is 54.4 Å². The number of thiophene rings is 1. The average Bonchev–Trinajstić information content (AvgIpc) is 3.21. The highest BCUT2D eigenvalue weighted by Gasteiger charge is 2.28. The average molecular weight is 409 g/mol. The van der Waals surface area contributed by atoms with E-state index in [2.05, 4.69) is 10.4 Å². The molecule has 2 heterocycles. The van der Waals surface area contributed by atoms with Gasteiger partial charge in [-0.05, 0) is 19.4 Å². The maximum absolute atomic E-state index is 12.6. The number of methoxy groups -OCH3 is 2. The molecule has 0 aromatic carbocycles. The van der Waals surface area contributed by atoms with Gasteiger partial charge in [-0.2, -0.15) is 5.10 Å². The molecule has 0 radical (unpaired) electrons. The zero-order valence-electron chi connectivity index (χ0n) is 15.9. The lowest BCUT2D eigenvalue weighted by molar-refractivity contribution is 0.0511. The molecule has 0 atom stereocenters. The van der Waals surface area contributed by atoms with E-state index in [0.717, 1.165) is 11.3 Å². The highest BCUT2D eigenvalue weighted by Crippen LogP contribution is 2.34. The number of amides is 1. The van der Waals surface area contributed by atoms with Gasteiger partial charge < -0.3 is 19.5 Å². The monoisotopic (exact) mass is 409 g/mol. The summed E-state index contributed by atoms with van der Waals surface area (Å²) in [7, 11) is 3.89. The molecule has 0 fully saturated rings. The number of nitrogens with zero attached hydrogens (tertiary/aromatic N) is 2. The Balaban J connectivity index is 2.38. The van der Waals surface area contributed by atoms with Gasteiger partial charge in [-0.3, -0.25) is 9.48 Å². The normalized spacial score (nSPS) is 10.3. The number of ether oxygens (including phenoxy) is 3. The number of anilines is 1. The molecule has 0 bridgehead atoms. The topological polar surface area (TPSA) is 126 Å². The van der Waals surface area contributed by atoms with Crippen LogP contribution in [0, 0.1) is 6.92 Å². The van der Waals surface area contributed by atoms with Gasteiger partial charge in [0.15, 0.2) is 5.69 Å². The van der Waals surface area contributed by atoms with Crippen molar-refractivity contribution in [3.8, 4) is 0 Å². The van der Waals surface area contributed by atoms with E-state index in [1.807, 2.05) is 0 Å². The summed E-state index contributed by atoms with van der Waals surface area (Å²) < 4.78 is 15.6. The van der Waals surface area contributed by atoms with Crippen LogP contribution in [0.25, 0.3) is 0 Å². The van der Waals surface area contributed by atoms with E-state index in [0.29, 0.717) is 5.56 Å². The molecule has 1 N–H and O–H groups in total. The Kier molecular flexibility index (Phi) is 6.52.